The summed E-state index contributed by atoms with van der Waals surface area (Å²) in [5, 5.41) is 11.9. The third kappa shape index (κ3) is 2.39. The molecule has 2 nitrogen and oxygen atoms in total. The lowest BCUT2D eigenvalue weighted by molar-refractivity contribution is 0.224. The van der Waals surface area contributed by atoms with Gasteiger partial charge in [-0.2, -0.15) is 0 Å². The average molecular weight is 229 g/mol. The van der Waals surface area contributed by atoms with Crippen LogP contribution in [0.3, 0.4) is 0 Å². The van der Waals surface area contributed by atoms with Gasteiger partial charge in [0.25, 0.3) is 0 Å². The predicted octanol–water partition coefficient (Wildman–Crippen LogP) is 2.09. The van der Waals surface area contributed by atoms with Gasteiger partial charge in [0.1, 0.15) is 11.6 Å². The molecule has 0 heterocycles. The van der Waals surface area contributed by atoms with E-state index in [-0.39, 0.29) is 17.7 Å². The van der Waals surface area contributed by atoms with Crippen LogP contribution in [0.5, 0.6) is 0 Å². The number of hydrogen-bond acceptors (Lipinski definition) is 2. The number of halogens is 2. The van der Waals surface area contributed by atoms with Crippen molar-refractivity contribution in [2.24, 2.45) is 0 Å². The van der Waals surface area contributed by atoms with Crippen molar-refractivity contribution in [2.75, 3.05) is 13.7 Å². The summed E-state index contributed by atoms with van der Waals surface area (Å²) < 4.78 is 27.2. The third-order valence-corrected chi connectivity index (χ3v) is 3.01. The largest absolute Gasteiger partial charge is 0.396 e. The number of aryl methyl sites for hydroxylation is 1. The highest BCUT2D eigenvalue weighted by molar-refractivity contribution is 5.30. The summed E-state index contributed by atoms with van der Waals surface area (Å²) in [5.74, 6) is -0.889. The maximum atomic E-state index is 13.7. The van der Waals surface area contributed by atoms with E-state index < -0.39 is 17.2 Å². The lowest BCUT2D eigenvalue weighted by Gasteiger charge is -2.29. The van der Waals surface area contributed by atoms with Gasteiger partial charge in [-0.05, 0) is 45.0 Å². The van der Waals surface area contributed by atoms with Crippen molar-refractivity contribution < 1.29 is 13.9 Å². The van der Waals surface area contributed by atoms with Crippen molar-refractivity contribution in [1.82, 2.24) is 5.32 Å². The van der Waals surface area contributed by atoms with Crippen LogP contribution in [-0.4, -0.2) is 18.8 Å². The van der Waals surface area contributed by atoms with E-state index in [9.17, 15) is 8.78 Å². The lowest BCUT2D eigenvalue weighted by Crippen LogP contribution is -2.38. The molecule has 1 unspecified atom stereocenters. The minimum Gasteiger partial charge on any atom is -0.396 e. The molecule has 1 aromatic carbocycles. The first kappa shape index (κ1) is 13.1. The molecule has 2 N–H and O–H groups in total. The summed E-state index contributed by atoms with van der Waals surface area (Å²) in [6.45, 7) is 3.16. The molecule has 4 heteroatoms. The molecule has 0 bridgehead atoms. The van der Waals surface area contributed by atoms with Gasteiger partial charge in [-0.15, -0.1) is 0 Å². The minimum absolute atomic E-state index is 0.0910. The Morgan fingerprint density at radius 2 is 1.94 bits per heavy atom. The molecule has 1 atom stereocenters. The Morgan fingerprint density at radius 3 is 2.44 bits per heavy atom. The van der Waals surface area contributed by atoms with Gasteiger partial charge >= 0.3 is 0 Å². The average Bonchev–Trinajstić information content (AvgIpc) is 2.23. The highest BCUT2D eigenvalue weighted by Crippen LogP contribution is 2.28. The van der Waals surface area contributed by atoms with Crippen LogP contribution >= 0.6 is 0 Å². The van der Waals surface area contributed by atoms with Gasteiger partial charge in [-0.3, -0.25) is 0 Å². The molecule has 1 aromatic rings. The van der Waals surface area contributed by atoms with Crippen LogP contribution in [-0.2, 0) is 5.54 Å². The van der Waals surface area contributed by atoms with Crippen LogP contribution in [0.25, 0.3) is 0 Å². The maximum Gasteiger partial charge on any atom is 0.128 e. The molecule has 90 valence electrons. The van der Waals surface area contributed by atoms with Crippen LogP contribution in [0.2, 0.25) is 0 Å². The first-order valence-corrected chi connectivity index (χ1v) is 5.20. The summed E-state index contributed by atoms with van der Waals surface area (Å²) in [5.41, 5.74) is -0.233. The SMILES string of the molecule is CNC(C)(CCO)c1cc(F)c(C)cc1F. The number of aliphatic hydroxyl groups excluding tert-OH is 1. The molecule has 0 amide bonds. The van der Waals surface area contributed by atoms with Crippen LogP contribution in [0.15, 0.2) is 12.1 Å². The number of aliphatic hydroxyl groups is 1. The molecule has 0 aliphatic rings. The molecule has 0 saturated heterocycles. The van der Waals surface area contributed by atoms with Crippen molar-refractivity contribution in [2.45, 2.75) is 25.8 Å². The summed E-state index contributed by atoms with van der Waals surface area (Å²) in [7, 11) is 1.66. The number of hydrogen-bond donors (Lipinski definition) is 2. The number of nitrogens with one attached hydrogen (secondary N) is 1. The summed E-state index contributed by atoms with van der Waals surface area (Å²) >= 11 is 0. The molecule has 1 rings (SSSR count). The fourth-order valence-electron chi connectivity index (χ4n) is 1.69. The van der Waals surface area contributed by atoms with Crippen LogP contribution in [0.4, 0.5) is 8.78 Å². The Kier molecular flexibility index (Phi) is 3.99. The van der Waals surface area contributed by atoms with E-state index in [2.05, 4.69) is 5.32 Å². The molecule has 0 saturated carbocycles. The van der Waals surface area contributed by atoms with E-state index in [1.54, 1.807) is 14.0 Å². The van der Waals surface area contributed by atoms with E-state index in [0.29, 0.717) is 6.42 Å². The van der Waals surface area contributed by atoms with E-state index in [4.69, 9.17) is 5.11 Å². The topological polar surface area (TPSA) is 32.3 Å². The van der Waals surface area contributed by atoms with Crippen LogP contribution in [0.1, 0.15) is 24.5 Å². The van der Waals surface area contributed by atoms with Crippen molar-refractivity contribution in [3.05, 3.63) is 34.9 Å². The second-order valence-electron chi connectivity index (χ2n) is 4.14. The first-order chi connectivity index (χ1) is 7.44. The normalized spacial score (nSPS) is 14.9. The zero-order chi connectivity index (χ0) is 12.3. The predicted molar refractivity (Wildman–Crippen MR) is 59.2 cm³/mol. The molecule has 0 spiro atoms. The fourth-order valence-corrected chi connectivity index (χ4v) is 1.69. The number of rotatable bonds is 4. The quantitative estimate of drug-likeness (QED) is 0.828. The molecule has 0 aromatic heterocycles. The second kappa shape index (κ2) is 4.89. The van der Waals surface area contributed by atoms with Gasteiger partial charge in [-0.25, -0.2) is 8.78 Å². The van der Waals surface area contributed by atoms with Crippen molar-refractivity contribution in [3.63, 3.8) is 0 Å². The van der Waals surface area contributed by atoms with Crippen molar-refractivity contribution in [3.8, 4) is 0 Å². The van der Waals surface area contributed by atoms with Crippen LogP contribution < -0.4 is 5.32 Å². The Labute approximate surface area is 94.3 Å². The Bertz CT molecular complexity index is 382. The van der Waals surface area contributed by atoms with Gasteiger partial charge in [0.15, 0.2) is 0 Å². The van der Waals surface area contributed by atoms with Gasteiger partial charge in [0, 0.05) is 17.7 Å². The van der Waals surface area contributed by atoms with Crippen molar-refractivity contribution in [1.29, 1.82) is 0 Å². The zero-order valence-electron chi connectivity index (χ0n) is 9.77. The standard InChI is InChI=1S/C12H17F2NO/c1-8-6-11(14)9(7-10(8)13)12(2,15-3)4-5-16/h6-7,15-16H,4-5H2,1-3H3. The van der Waals surface area contributed by atoms with E-state index in [1.807, 2.05) is 0 Å². The van der Waals surface area contributed by atoms with E-state index in [0.717, 1.165) is 0 Å². The highest BCUT2D eigenvalue weighted by atomic mass is 19.1. The highest BCUT2D eigenvalue weighted by Gasteiger charge is 2.28. The number of benzene rings is 1. The maximum absolute atomic E-state index is 13.7. The lowest BCUT2D eigenvalue weighted by atomic mass is 9.88. The molecular weight excluding hydrogens is 212 g/mol. The van der Waals surface area contributed by atoms with Gasteiger partial charge in [-0.1, -0.05) is 0 Å². The summed E-state index contributed by atoms with van der Waals surface area (Å²) in [6, 6.07) is 2.37. The summed E-state index contributed by atoms with van der Waals surface area (Å²) in [6.07, 6.45) is 0.322. The van der Waals surface area contributed by atoms with Gasteiger partial charge in [0.05, 0.1) is 0 Å². The van der Waals surface area contributed by atoms with E-state index in [1.165, 1.54) is 19.1 Å². The first-order valence-electron chi connectivity index (χ1n) is 5.20. The molecule has 0 aliphatic carbocycles. The Hall–Kier alpha value is -1.00. The van der Waals surface area contributed by atoms with Gasteiger partial charge < -0.3 is 10.4 Å². The zero-order valence-corrected chi connectivity index (χ0v) is 9.77. The monoisotopic (exact) mass is 229 g/mol. The fraction of sp³-hybridized carbons (Fsp3) is 0.500. The van der Waals surface area contributed by atoms with E-state index >= 15 is 0 Å². The van der Waals surface area contributed by atoms with Crippen LogP contribution in [0, 0.1) is 18.6 Å². The van der Waals surface area contributed by atoms with Crippen molar-refractivity contribution >= 4 is 0 Å². The molecule has 0 fully saturated rings. The summed E-state index contributed by atoms with van der Waals surface area (Å²) in [4.78, 5) is 0. The Morgan fingerprint density at radius 1 is 1.31 bits per heavy atom. The second-order valence-corrected chi connectivity index (χ2v) is 4.14. The van der Waals surface area contributed by atoms with Gasteiger partial charge in [0.2, 0.25) is 0 Å². The Balaban J connectivity index is 3.25. The molecule has 0 aliphatic heterocycles. The molecular formula is C12H17F2NO. The minimum atomic E-state index is -0.757. The molecule has 16 heavy (non-hydrogen) atoms. The molecule has 0 radical (unpaired) electrons. The smallest absolute Gasteiger partial charge is 0.128 e. The third-order valence-electron chi connectivity index (χ3n) is 3.01.